The van der Waals surface area contributed by atoms with Gasteiger partial charge in [-0.25, -0.2) is 0 Å². The Morgan fingerprint density at radius 3 is 1.78 bits per heavy atom. The molecule has 0 saturated carbocycles. The van der Waals surface area contributed by atoms with E-state index < -0.39 is 10.3 Å². The van der Waals surface area contributed by atoms with Gasteiger partial charge in [0.15, 0.2) is 0 Å². The maximum Gasteiger partial charge on any atom is 0.378 e. The normalized spacial score (nSPS) is 11.6. The Morgan fingerprint density at radius 2 is 1.30 bits per heavy atom. The van der Waals surface area contributed by atoms with E-state index in [4.69, 9.17) is 4.55 Å². The van der Waals surface area contributed by atoms with Crippen molar-refractivity contribution in [3.8, 4) is 0 Å². The fourth-order valence-corrected chi connectivity index (χ4v) is 3.06. The van der Waals surface area contributed by atoms with Crippen LogP contribution < -0.4 is 4.72 Å². The molecule has 0 amide bonds. The van der Waals surface area contributed by atoms with E-state index in [1.54, 1.807) is 12.1 Å². The highest BCUT2D eigenvalue weighted by atomic mass is 32.2. The number of unbranched alkanes of at least 4 members (excludes halogenated alkanes) is 9. The lowest BCUT2D eigenvalue weighted by molar-refractivity contribution is 0.476. The van der Waals surface area contributed by atoms with Gasteiger partial charge in [-0.05, 0) is 30.5 Å². The lowest BCUT2D eigenvalue weighted by Gasteiger charge is -2.04. The average Bonchev–Trinajstić information content (AvgIpc) is 2.49. The maximum absolute atomic E-state index is 10.6. The minimum Gasteiger partial charge on any atom is -0.268 e. The minimum absolute atomic E-state index is 0.263. The monoisotopic (exact) mass is 340 g/mol. The van der Waals surface area contributed by atoms with Crippen molar-refractivity contribution in [1.29, 1.82) is 0 Å². The highest BCUT2D eigenvalue weighted by Gasteiger charge is 2.06. The predicted molar refractivity (Wildman–Crippen MR) is 95.3 cm³/mol. The van der Waals surface area contributed by atoms with Crippen molar-refractivity contribution in [1.82, 2.24) is 4.72 Å². The first kappa shape index (κ1) is 20.0. The van der Waals surface area contributed by atoms with E-state index in [0.29, 0.717) is 0 Å². The molecule has 23 heavy (non-hydrogen) atoms. The van der Waals surface area contributed by atoms with Crippen LogP contribution in [0.3, 0.4) is 0 Å². The zero-order chi connectivity index (χ0) is 17.0. The molecular weight excluding hydrogens is 310 g/mol. The van der Waals surface area contributed by atoms with Crippen LogP contribution >= 0.6 is 0 Å². The maximum atomic E-state index is 10.6. The Morgan fingerprint density at radius 1 is 0.826 bits per heavy atom. The zero-order valence-electron chi connectivity index (χ0n) is 14.2. The first-order valence-electron chi connectivity index (χ1n) is 8.80. The quantitative estimate of drug-likeness (QED) is 0.397. The van der Waals surface area contributed by atoms with Gasteiger partial charge in [-0.1, -0.05) is 76.8 Å². The molecule has 1 N–H and O–H groups in total. The summed E-state index contributed by atoms with van der Waals surface area (Å²) in [5.41, 5.74) is 1.44. The van der Waals surface area contributed by atoms with Crippen LogP contribution in [0.2, 0.25) is 0 Å². The van der Waals surface area contributed by atoms with Crippen LogP contribution in [-0.2, 0) is 16.7 Å². The molecule has 0 fully saturated rings. The summed E-state index contributed by atoms with van der Waals surface area (Å²) in [5, 5.41) is 0. The van der Waals surface area contributed by atoms with Crippen LogP contribution in [0.1, 0.15) is 76.7 Å². The Kier molecular flexibility index (Phi) is 9.96. The molecule has 0 aromatic heterocycles. The summed E-state index contributed by atoms with van der Waals surface area (Å²) >= 11 is 0. The molecule has 1 rings (SSSR count). The van der Waals surface area contributed by atoms with Gasteiger partial charge in [0.25, 0.3) is 0 Å². The number of hydrogen-bond acceptors (Lipinski definition) is 2. The summed E-state index contributed by atoms with van der Waals surface area (Å²) in [5.74, 6) is 0. The topological polar surface area (TPSA) is 68.5 Å². The van der Waals surface area contributed by atoms with Gasteiger partial charge in [0.1, 0.15) is 0 Å². The van der Waals surface area contributed by atoms with Gasteiger partial charge in [-0.3, -0.25) is 4.55 Å². The van der Waals surface area contributed by atoms with Crippen LogP contribution in [0.4, 0.5) is 5.69 Å². The second-order valence-electron chi connectivity index (χ2n) is 6.14. The molecule has 131 valence electrons. The summed E-state index contributed by atoms with van der Waals surface area (Å²) in [6.07, 6.45) is 14.2. The van der Waals surface area contributed by atoms with Crippen LogP contribution in [0.5, 0.6) is 0 Å². The third-order valence-corrected chi connectivity index (χ3v) is 4.42. The Labute approximate surface area is 141 Å². The molecule has 4 nitrogen and oxygen atoms in total. The first-order valence-corrected chi connectivity index (χ1v) is 10.2. The molecule has 0 heterocycles. The molecule has 1 aromatic carbocycles. The minimum atomic E-state index is -4.30. The van der Waals surface area contributed by atoms with Crippen molar-refractivity contribution in [3.63, 3.8) is 0 Å². The van der Waals surface area contributed by atoms with E-state index in [2.05, 4.69) is 11.6 Å². The van der Waals surface area contributed by atoms with E-state index in [9.17, 15) is 8.42 Å². The van der Waals surface area contributed by atoms with Crippen molar-refractivity contribution in [2.75, 3.05) is 0 Å². The molecular formula is C18H30NO3S. The number of hydrogen-bond donors (Lipinski definition) is 1. The number of benzene rings is 1. The molecule has 0 aliphatic rings. The molecule has 0 aliphatic heterocycles. The fourth-order valence-electron chi connectivity index (χ4n) is 2.67. The Balaban J connectivity index is 2.05. The van der Waals surface area contributed by atoms with E-state index in [1.165, 1.54) is 63.4 Å². The van der Waals surface area contributed by atoms with Gasteiger partial charge in [0, 0.05) is 0 Å². The lowest BCUT2D eigenvalue weighted by atomic mass is 10.0. The van der Waals surface area contributed by atoms with Gasteiger partial charge in [-0.2, -0.15) is 8.42 Å². The summed E-state index contributed by atoms with van der Waals surface area (Å²) in [6, 6.07) is 6.99. The fraction of sp³-hybridized carbons (Fsp3) is 0.667. The van der Waals surface area contributed by atoms with E-state index in [0.717, 1.165) is 12.8 Å². The predicted octanol–water partition coefficient (Wildman–Crippen LogP) is 5.19. The molecule has 0 atom stereocenters. The summed E-state index contributed by atoms with van der Waals surface area (Å²) < 4.78 is 33.2. The summed E-state index contributed by atoms with van der Waals surface area (Å²) in [6.45, 7) is 2.25. The highest BCUT2D eigenvalue weighted by Crippen LogP contribution is 2.15. The largest absolute Gasteiger partial charge is 0.378 e. The number of nitrogens with zero attached hydrogens (tertiary/aromatic N) is 1. The van der Waals surface area contributed by atoms with Crippen LogP contribution in [0.15, 0.2) is 24.3 Å². The van der Waals surface area contributed by atoms with Crippen molar-refractivity contribution in [2.24, 2.45) is 0 Å². The van der Waals surface area contributed by atoms with Gasteiger partial charge in [0.05, 0.1) is 5.69 Å². The molecule has 0 unspecified atom stereocenters. The lowest BCUT2D eigenvalue weighted by Crippen LogP contribution is -2.08. The van der Waals surface area contributed by atoms with Crippen molar-refractivity contribution in [2.45, 2.75) is 77.6 Å². The third kappa shape index (κ3) is 11.2. The third-order valence-electron chi connectivity index (χ3n) is 3.98. The average molecular weight is 341 g/mol. The van der Waals surface area contributed by atoms with Crippen molar-refractivity contribution in [3.05, 3.63) is 29.8 Å². The van der Waals surface area contributed by atoms with Gasteiger partial charge in [0.2, 0.25) is 0 Å². The van der Waals surface area contributed by atoms with E-state index in [1.807, 2.05) is 12.1 Å². The number of rotatable bonds is 13. The molecule has 0 aliphatic carbocycles. The van der Waals surface area contributed by atoms with Crippen LogP contribution in [0, 0.1) is 0 Å². The molecule has 0 bridgehead atoms. The summed E-state index contributed by atoms with van der Waals surface area (Å²) in [7, 11) is -4.30. The van der Waals surface area contributed by atoms with E-state index >= 15 is 0 Å². The first-order chi connectivity index (χ1) is 11.0. The SMILES string of the molecule is CCCCCCCCCCCCc1ccc([N]S(=O)(=O)O)cc1. The van der Waals surface area contributed by atoms with Gasteiger partial charge in [-0.15, -0.1) is 4.72 Å². The summed E-state index contributed by atoms with van der Waals surface area (Å²) in [4.78, 5) is 0. The second kappa shape index (κ2) is 11.5. The Hall–Kier alpha value is -1.07. The highest BCUT2D eigenvalue weighted by molar-refractivity contribution is 7.83. The van der Waals surface area contributed by atoms with Gasteiger partial charge < -0.3 is 0 Å². The molecule has 5 heteroatoms. The standard InChI is InChI=1S/C18H30NO3S/c1-2-3-4-5-6-7-8-9-10-11-12-17-13-15-18(16-14-17)19-23(20,21)22/h13-16H,2-12H2,1H3,(H,20,21,22). The van der Waals surface area contributed by atoms with Crippen LogP contribution in [0.25, 0.3) is 0 Å². The van der Waals surface area contributed by atoms with Gasteiger partial charge >= 0.3 is 10.3 Å². The van der Waals surface area contributed by atoms with Crippen molar-refractivity contribution < 1.29 is 13.0 Å². The molecule has 0 saturated heterocycles. The second-order valence-corrected chi connectivity index (χ2v) is 7.22. The molecule has 1 aromatic rings. The Bertz CT molecular complexity index is 512. The smallest absolute Gasteiger partial charge is 0.268 e. The molecule has 0 spiro atoms. The van der Waals surface area contributed by atoms with E-state index in [-0.39, 0.29) is 5.69 Å². The van der Waals surface area contributed by atoms with Crippen molar-refractivity contribution >= 4 is 16.0 Å². The zero-order valence-corrected chi connectivity index (χ0v) is 15.0. The molecule has 1 radical (unpaired) electrons. The number of aryl methyl sites for hydroxylation is 1. The van der Waals surface area contributed by atoms with Crippen LogP contribution in [-0.4, -0.2) is 13.0 Å².